The Labute approximate surface area is 154 Å². The van der Waals surface area contributed by atoms with E-state index in [-0.39, 0.29) is 26.6 Å². The number of rotatable bonds is 3. The molecule has 4 N–H and O–H groups in total. The highest BCUT2D eigenvalue weighted by atomic mass is 35.5. The topological polar surface area (TPSA) is 81.6 Å². The Morgan fingerprint density at radius 3 is 2.42 bits per heavy atom. The molecular formula is C16H16Cl3N4O+. The van der Waals surface area contributed by atoms with E-state index in [4.69, 9.17) is 40.5 Å². The van der Waals surface area contributed by atoms with E-state index in [1.54, 1.807) is 6.21 Å². The maximum atomic E-state index is 12.2. The van der Waals surface area contributed by atoms with Gasteiger partial charge in [-0.25, -0.2) is 5.43 Å². The van der Waals surface area contributed by atoms with E-state index in [0.29, 0.717) is 0 Å². The van der Waals surface area contributed by atoms with Gasteiger partial charge in [0.05, 0.1) is 11.9 Å². The first-order valence-corrected chi connectivity index (χ1v) is 8.12. The van der Waals surface area contributed by atoms with Gasteiger partial charge in [-0.05, 0) is 60.7 Å². The van der Waals surface area contributed by atoms with Crippen LogP contribution in [-0.4, -0.2) is 12.1 Å². The van der Waals surface area contributed by atoms with E-state index in [9.17, 15) is 4.79 Å². The number of aromatic amines is 1. The predicted molar refractivity (Wildman–Crippen MR) is 98.2 cm³/mol. The summed E-state index contributed by atoms with van der Waals surface area (Å²) in [5.41, 5.74) is 12.4. The summed E-state index contributed by atoms with van der Waals surface area (Å²) in [6.45, 7) is 6.02. The predicted octanol–water partition coefficient (Wildman–Crippen LogP) is 3.73. The Balaban J connectivity index is 2.21. The molecule has 0 aliphatic rings. The highest BCUT2D eigenvalue weighted by molar-refractivity contribution is 6.45. The molecule has 0 atom stereocenters. The van der Waals surface area contributed by atoms with Crippen LogP contribution in [0.3, 0.4) is 0 Å². The zero-order valence-corrected chi connectivity index (χ0v) is 15.6. The first kappa shape index (κ1) is 18.5. The fourth-order valence-electron chi connectivity index (χ4n) is 2.06. The van der Waals surface area contributed by atoms with Crippen LogP contribution >= 0.6 is 34.8 Å². The molecule has 0 aliphatic heterocycles. The number of carbonyl (C=O) groups excluding carboxylic acids is 1. The molecule has 2 rings (SSSR count). The molecule has 0 saturated carbocycles. The van der Waals surface area contributed by atoms with E-state index < -0.39 is 5.91 Å². The molecule has 1 amide bonds. The number of nitrogens with zero attached hydrogens (tertiary/aromatic N) is 1. The highest BCUT2D eigenvalue weighted by Crippen LogP contribution is 2.31. The Morgan fingerprint density at radius 1 is 1.12 bits per heavy atom. The van der Waals surface area contributed by atoms with Crippen molar-refractivity contribution >= 4 is 52.6 Å². The number of pyridine rings is 1. The van der Waals surface area contributed by atoms with Crippen molar-refractivity contribution in [2.75, 3.05) is 5.73 Å². The number of nitrogen functional groups attached to an aromatic ring is 1. The molecule has 0 unspecified atom stereocenters. The summed E-state index contributed by atoms with van der Waals surface area (Å²) in [6.07, 6.45) is 1.56. The lowest BCUT2D eigenvalue weighted by molar-refractivity contribution is -0.379. The number of aromatic nitrogens is 1. The van der Waals surface area contributed by atoms with E-state index in [1.807, 2.05) is 26.8 Å². The van der Waals surface area contributed by atoms with E-state index in [2.05, 4.69) is 21.6 Å². The first-order chi connectivity index (χ1) is 11.2. The van der Waals surface area contributed by atoms with Crippen molar-refractivity contribution in [3.8, 4) is 0 Å². The van der Waals surface area contributed by atoms with Crippen LogP contribution in [0.4, 0.5) is 5.69 Å². The van der Waals surface area contributed by atoms with Crippen LogP contribution in [0.2, 0.25) is 15.2 Å². The molecule has 1 aromatic carbocycles. The molecule has 0 spiro atoms. The normalized spacial score (nSPS) is 11.1. The molecule has 0 saturated heterocycles. The number of nitrogens with one attached hydrogen (secondary N) is 2. The van der Waals surface area contributed by atoms with Crippen molar-refractivity contribution in [3.05, 3.63) is 55.3 Å². The third kappa shape index (κ3) is 3.80. The monoisotopic (exact) mass is 385 g/mol. The van der Waals surface area contributed by atoms with Crippen molar-refractivity contribution in [1.29, 1.82) is 0 Å². The summed E-state index contributed by atoms with van der Waals surface area (Å²) >= 11 is 17.7. The van der Waals surface area contributed by atoms with Gasteiger partial charge in [-0.3, -0.25) is 4.79 Å². The molecule has 1 aromatic heterocycles. The van der Waals surface area contributed by atoms with Crippen molar-refractivity contribution in [2.45, 2.75) is 20.8 Å². The Bertz CT molecular complexity index is 850. The number of hydrazone groups is 1. The van der Waals surface area contributed by atoms with Crippen LogP contribution in [0.25, 0.3) is 0 Å². The van der Waals surface area contributed by atoms with Gasteiger partial charge in [0.25, 0.3) is 10.8 Å². The average Bonchev–Trinajstić information content (AvgIpc) is 2.53. The van der Waals surface area contributed by atoms with Gasteiger partial charge in [0.15, 0.2) is 0 Å². The van der Waals surface area contributed by atoms with Crippen LogP contribution in [0.1, 0.15) is 32.7 Å². The molecule has 0 bridgehead atoms. The zero-order chi connectivity index (χ0) is 18.0. The van der Waals surface area contributed by atoms with E-state index in [1.165, 1.54) is 5.56 Å². The summed E-state index contributed by atoms with van der Waals surface area (Å²) in [7, 11) is 0. The maximum absolute atomic E-state index is 12.2. The minimum atomic E-state index is -0.581. The number of nitrogens with two attached hydrogens (primary N) is 1. The van der Waals surface area contributed by atoms with Gasteiger partial charge < -0.3 is 5.73 Å². The zero-order valence-electron chi connectivity index (χ0n) is 13.3. The van der Waals surface area contributed by atoms with Crippen LogP contribution in [0, 0.1) is 20.8 Å². The summed E-state index contributed by atoms with van der Waals surface area (Å²) in [6, 6.07) is 4.05. The van der Waals surface area contributed by atoms with E-state index >= 15 is 0 Å². The van der Waals surface area contributed by atoms with Gasteiger partial charge >= 0.3 is 5.91 Å². The van der Waals surface area contributed by atoms with Crippen molar-refractivity contribution in [1.82, 2.24) is 5.43 Å². The lowest BCUT2D eigenvalue weighted by atomic mass is 10.0. The summed E-state index contributed by atoms with van der Waals surface area (Å²) in [5.74, 6) is -0.581. The second-order valence-corrected chi connectivity index (χ2v) is 6.48. The van der Waals surface area contributed by atoms with Crippen LogP contribution < -0.4 is 16.1 Å². The number of anilines is 1. The Kier molecular flexibility index (Phi) is 5.70. The van der Waals surface area contributed by atoms with Gasteiger partial charge in [0.2, 0.25) is 0 Å². The minimum Gasteiger partial charge on any atom is -0.396 e. The van der Waals surface area contributed by atoms with Gasteiger partial charge in [-0.2, -0.15) is 10.1 Å². The lowest BCUT2D eigenvalue weighted by Gasteiger charge is -2.06. The Morgan fingerprint density at radius 2 is 1.75 bits per heavy atom. The maximum Gasteiger partial charge on any atom is 0.337 e. The number of carbonyl (C=O) groups is 1. The largest absolute Gasteiger partial charge is 0.396 e. The van der Waals surface area contributed by atoms with Gasteiger partial charge in [-0.1, -0.05) is 29.3 Å². The standard InChI is InChI=1S/C16H15Cl3N4O/c1-7-4-9(3)10(5-8(7)2)6-21-23-16(24)14-11(17)13(20)12(18)15(19)22-14/h4-6H,1-3H3,(H2,20,22)(H,23,24)/p+1/b21-6+. The van der Waals surface area contributed by atoms with Crippen LogP contribution in [-0.2, 0) is 0 Å². The average molecular weight is 387 g/mol. The third-order valence-corrected chi connectivity index (χ3v) is 4.76. The summed E-state index contributed by atoms with van der Waals surface area (Å²) < 4.78 is 0. The number of hydrogen-bond acceptors (Lipinski definition) is 3. The van der Waals surface area contributed by atoms with Crippen LogP contribution in [0.15, 0.2) is 17.2 Å². The second kappa shape index (κ2) is 7.38. The molecule has 0 radical (unpaired) electrons. The highest BCUT2D eigenvalue weighted by Gasteiger charge is 2.25. The molecule has 24 heavy (non-hydrogen) atoms. The number of aryl methyl sites for hydroxylation is 3. The second-order valence-electron chi connectivity index (χ2n) is 5.35. The van der Waals surface area contributed by atoms with Crippen molar-refractivity contribution in [2.24, 2.45) is 5.10 Å². The summed E-state index contributed by atoms with van der Waals surface area (Å²) in [5, 5.41) is 4.03. The molecule has 0 fully saturated rings. The molecule has 2 aromatic rings. The van der Waals surface area contributed by atoms with Crippen molar-refractivity contribution in [3.63, 3.8) is 0 Å². The lowest BCUT2D eigenvalue weighted by Crippen LogP contribution is -2.28. The van der Waals surface area contributed by atoms with Crippen LogP contribution in [0.5, 0.6) is 0 Å². The first-order valence-electron chi connectivity index (χ1n) is 6.98. The van der Waals surface area contributed by atoms with E-state index in [0.717, 1.165) is 16.7 Å². The SMILES string of the molecule is Cc1cc(C)c(/C=N/NC(=O)c2[nH+]c(Cl)c(Cl)c(N)c2Cl)cc1C. The summed E-state index contributed by atoms with van der Waals surface area (Å²) in [4.78, 5) is 14.8. The number of halogens is 3. The number of H-pyrrole nitrogens is 1. The van der Waals surface area contributed by atoms with Gasteiger partial charge in [0.1, 0.15) is 10.0 Å². The fourth-order valence-corrected chi connectivity index (χ4v) is 2.68. The quantitative estimate of drug-likeness (QED) is 0.479. The molecule has 0 aliphatic carbocycles. The van der Waals surface area contributed by atoms with Gasteiger partial charge in [-0.15, -0.1) is 0 Å². The minimum absolute atomic E-state index is 0.0144. The van der Waals surface area contributed by atoms with Gasteiger partial charge in [0, 0.05) is 0 Å². The number of amides is 1. The molecule has 126 valence electrons. The number of benzene rings is 1. The van der Waals surface area contributed by atoms with Crippen molar-refractivity contribution < 1.29 is 9.78 Å². The third-order valence-electron chi connectivity index (χ3n) is 3.60. The molecule has 8 heteroatoms. The molecule has 5 nitrogen and oxygen atoms in total. The fraction of sp³-hybridized carbons (Fsp3) is 0.188. The Hall–Kier alpha value is -1.82. The molecule has 1 heterocycles. The molecular weight excluding hydrogens is 371 g/mol. The number of hydrogen-bond donors (Lipinski definition) is 2. The smallest absolute Gasteiger partial charge is 0.337 e.